The molecular formula is C20H33NO2Si. The second kappa shape index (κ2) is 8.30. The predicted molar refractivity (Wildman–Crippen MR) is 104 cm³/mol. The summed E-state index contributed by atoms with van der Waals surface area (Å²) in [5, 5.41) is 0. The number of oxazole rings is 1. The van der Waals surface area contributed by atoms with Crippen molar-refractivity contribution in [3.05, 3.63) is 30.2 Å². The lowest BCUT2D eigenvalue weighted by molar-refractivity contribution is 0.268. The third kappa shape index (κ3) is 4.09. The van der Waals surface area contributed by atoms with E-state index in [2.05, 4.69) is 46.5 Å². The lowest BCUT2D eigenvalue weighted by Gasteiger charge is -2.42. The van der Waals surface area contributed by atoms with Crippen LogP contribution in [0.25, 0.3) is 11.1 Å². The monoisotopic (exact) mass is 347 g/mol. The van der Waals surface area contributed by atoms with Gasteiger partial charge < -0.3 is 8.84 Å². The molecular weight excluding hydrogens is 314 g/mol. The number of fused-ring (bicyclic) bond motifs is 1. The number of hydrogen-bond donors (Lipinski definition) is 0. The minimum atomic E-state index is -1.72. The molecule has 24 heavy (non-hydrogen) atoms. The Morgan fingerprint density at radius 2 is 1.58 bits per heavy atom. The number of nitrogens with zero attached hydrogens (tertiary/aromatic N) is 1. The molecule has 0 bridgehead atoms. The van der Waals surface area contributed by atoms with Gasteiger partial charge in [-0.05, 0) is 41.6 Å². The zero-order valence-electron chi connectivity index (χ0n) is 16.1. The summed E-state index contributed by atoms with van der Waals surface area (Å²) in [6, 6.07) is 7.96. The maximum absolute atomic E-state index is 6.60. The molecule has 0 atom stereocenters. The van der Waals surface area contributed by atoms with E-state index < -0.39 is 8.32 Å². The first-order valence-corrected chi connectivity index (χ1v) is 11.5. The molecule has 0 saturated heterocycles. The Labute approximate surface area is 147 Å². The smallest absolute Gasteiger partial charge is 0.200 e. The number of aromatic nitrogens is 1. The van der Waals surface area contributed by atoms with Crippen LogP contribution in [0.2, 0.25) is 16.6 Å². The normalized spacial score (nSPS) is 12.9. The Bertz CT molecular complexity index is 579. The van der Waals surface area contributed by atoms with E-state index in [9.17, 15) is 0 Å². The third-order valence-electron chi connectivity index (χ3n) is 5.18. The van der Waals surface area contributed by atoms with Gasteiger partial charge in [0.25, 0.3) is 0 Å². The fraction of sp³-hybridized carbons (Fsp3) is 0.650. The standard InChI is InChI=1S/C20H33NO2Si/c1-15(2)24(16(3)4,17(5)6)22-14-10-9-13-20-21-18-11-7-8-12-19(18)23-20/h7-8,11-12,15-17H,9-10,13-14H2,1-6H3. The maximum atomic E-state index is 6.60. The number of hydrogen-bond acceptors (Lipinski definition) is 3. The molecule has 0 saturated carbocycles. The molecule has 1 aromatic carbocycles. The number of para-hydroxylation sites is 2. The van der Waals surface area contributed by atoms with Crippen LogP contribution in [0, 0.1) is 0 Å². The molecule has 3 nitrogen and oxygen atoms in total. The highest BCUT2D eigenvalue weighted by Gasteiger charge is 2.44. The van der Waals surface area contributed by atoms with Gasteiger partial charge in [-0.15, -0.1) is 0 Å². The maximum Gasteiger partial charge on any atom is 0.200 e. The molecule has 0 aliphatic rings. The van der Waals surface area contributed by atoms with E-state index in [1.54, 1.807) is 0 Å². The average molecular weight is 348 g/mol. The molecule has 0 aliphatic carbocycles. The highest BCUT2D eigenvalue weighted by atomic mass is 28.4. The predicted octanol–water partition coefficient (Wildman–Crippen LogP) is 6.34. The molecule has 0 radical (unpaired) electrons. The van der Waals surface area contributed by atoms with Gasteiger partial charge in [-0.1, -0.05) is 53.7 Å². The van der Waals surface area contributed by atoms with Crippen LogP contribution in [0.1, 0.15) is 60.3 Å². The van der Waals surface area contributed by atoms with E-state index in [0.29, 0.717) is 16.6 Å². The van der Waals surface area contributed by atoms with Crippen LogP contribution < -0.4 is 0 Å². The van der Waals surface area contributed by atoms with Crippen molar-refractivity contribution >= 4 is 19.4 Å². The van der Waals surface area contributed by atoms with Crippen molar-refractivity contribution in [2.45, 2.75) is 77.4 Å². The van der Waals surface area contributed by atoms with Gasteiger partial charge in [-0.2, -0.15) is 0 Å². The van der Waals surface area contributed by atoms with Crippen molar-refractivity contribution in [3.63, 3.8) is 0 Å². The molecule has 2 aromatic rings. The van der Waals surface area contributed by atoms with E-state index in [0.717, 1.165) is 42.9 Å². The Hall–Kier alpha value is -1.13. The first kappa shape index (κ1) is 19.2. The summed E-state index contributed by atoms with van der Waals surface area (Å²) < 4.78 is 12.4. The van der Waals surface area contributed by atoms with Gasteiger partial charge in [0, 0.05) is 13.0 Å². The van der Waals surface area contributed by atoms with Crippen LogP contribution in [0.4, 0.5) is 0 Å². The fourth-order valence-corrected chi connectivity index (χ4v) is 9.65. The summed E-state index contributed by atoms with van der Waals surface area (Å²) in [5.41, 5.74) is 3.78. The number of aryl methyl sites for hydroxylation is 1. The summed E-state index contributed by atoms with van der Waals surface area (Å²) in [5.74, 6) is 0.844. The Balaban J connectivity index is 1.84. The van der Waals surface area contributed by atoms with E-state index in [1.807, 2.05) is 24.3 Å². The van der Waals surface area contributed by atoms with Crippen LogP contribution in [0.15, 0.2) is 28.7 Å². The molecule has 4 heteroatoms. The van der Waals surface area contributed by atoms with Crippen molar-refractivity contribution in [2.24, 2.45) is 0 Å². The lowest BCUT2D eigenvalue weighted by Crippen LogP contribution is -2.47. The summed E-state index contributed by atoms with van der Waals surface area (Å²) >= 11 is 0. The van der Waals surface area contributed by atoms with Crippen LogP contribution in [0.5, 0.6) is 0 Å². The minimum Gasteiger partial charge on any atom is -0.441 e. The van der Waals surface area contributed by atoms with Crippen molar-refractivity contribution in [1.29, 1.82) is 0 Å². The molecule has 0 N–H and O–H groups in total. The molecule has 2 rings (SSSR count). The van der Waals surface area contributed by atoms with Crippen LogP contribution in [-0.2, 0) is 10.8 Å². The number of rotatable bonds is 9. The number of unbranched alkanes of at least 4 members (excludes halogenated alkanes) is 1. The van der Waals surface area contributed by atoms with Crippen molar-refractivity contribution < 1.29 is 8.84 Å². The molecule has 0 aliphatic heterocycles. The Kier molecular flexibility index (Phi) is 6.64. The van der Waals surface area contributed by atoms with Crippen LogP contribution in [-0.4, -0.2) is 19.9 Å². The SMILES string of the molecule is CC(C)[Si](OCCCCc1nc2ccccc2o1)(C(C)C)C(C)C. The zero-order chi connectivity index (χ0) is 17.7. The van der Waals surface area contributed by atoms with Gasteiger partial charge in [0.15, 0.2) is 19.8 Å². The lowest BCUT2D eigenvalue weighted by atomic mass is 10.2. The zero-order valence-corrected chi connectivity index (χ0v) is 17.1. The van der Waals surface area contributed by atoms with Gasteiger partial charge in [-0.3, -0.25) is 0 Å². The summed E-state index contributed by atoms with van der Waals surface area (Å²) in [6.45, 7) is 14.9. The highest BCUT2D eigenvalue weighted by Crippen LogP contribution is 2.42. The summed E-state index contributed by atoms with van der Waals surface area (Å²) in [7, 11) is -1.72. The molecule has 1 heterocycles. The molecule has 0 spiro atoms. The summed E-state index contributed by atoms with van der Waals surface area (Å²) in [6.07, 6.45) is 3.02. The van der Waals surface area contributed by atoms with E-state index in [-0.39, 0.29) is 0 Å². The van der Waals surface area contributed by atoms with E-state index in [4.69, 9.17) is 8.84 Å². The van der Waals surface area contributed by atoms with Crippen molar-refractivity contribution in [1.82, 2.24) is 4.98 Å². The van der Waals surface area contributed by atoms with Gasteiger partial charge in [0.05, 0.1) is 0 Å². The Morgan fingerprint density at radius 3 is 2.17 bits per heavy atom. The Morgan fingerprint density at radius 1 is 0.958 bits per heavy atom. The van der Waals surface area contributed by atoms with E-state index >= 15 is 0 Å². The number of benzene rings is 1. The van der Waals surface area contributed by atoms with Gasteiger partial charge in [0.2, 0.25) is 0 Å². The van der Waals surface area contributed by atoms with Crippen LogP contribution in [0.3, 0.4) is 0 Å². The van der Waals surface area contributed by atoms with Gasteiger partial charge >= 0.3 is 0 Å². The molecule has 0 unspecified atom stereocenters. The average Bonchev–Trinajstić information content (AvgIpc) is 2.92. The second-order valence-electron chi connectivity index (χ2n) is 7.70. The molecule has 1 aromatic heterocycles. The van der Waals surface area contributed by atoms with Crippen molar-refractivity contribution in [2.75, 3.05) is 6.61 Å². The fourth-order valence-electron chi connectivity index (χ4n) is 4.15. The topological polar surface area (TPSA) is 35.3 Å². The second-order valence-corrected chi connectivity index (χ2v) is 13.2. The first-order valence-electron chi connectivity index (χ1n) is 9.36. The highest BCUT2D eigenvalue weighted by molar-refractivity contribution is 6.77. The minimum absolute atomic E-state index is 0.648. The molecule has 0 amide bonds. The van der Waals surface area contributed by atoms with Gasteiger partial charge in [0.1, 0.15) is 5.52 Å². The first-order chi connectivity index (χ1) is 11.4. The summed E-state index contributed by atoms with van der Waals surface area (Å²) in [4.78, 5) is 4.55. The molecule has 134 valence electrons. The quantitative estimate of drug-likeness (QED) is 0.392. The largest absolute Gasteiger partial charge is 0.441 e. The van der Waals surface area contributed by atoms with Crippen LogP contribution >= 0.6 is 0 Å². The van der Waals surface area contributed by atoms with Gasteiger partial charge in [-0.25, -0.2) is 4.98 Å². The molecule has 0 fully saturated rings. The third-order valence-corrected chi connectivity index (χ3v) is 11.3. The van der Waals surface area contributed by atoms with Crippen molar-refractivity contribution in [3.8, 4) is 0 Å². The van der Waals surface area contributed by atoms with E-state index in [1.165, 1.54) is 0 Å².